The molecule has 0 unspecified atom stereocenters. The van der Waals surface area contributed by atoms with Crippen LogP contribution in [0.3, 0.4) is 0 Å². The van der Waals surface area contributed by atoms with Crippen molar-refractivity contribution in [2.75, 3.05) is 165 Å². The summed E-state index contributed by atoms with van der Waals surface area (Å²) in [5.74, 6) is 0. The topological polar surface area (TPSA) is 42.5 Å². The molecule has 0 amide bonds. The number of hydrogen-bond acceptors (Lipinski definition) is 8. The van der Waals surface area contributed by atoms with Gasteiger partial charge in [-0.2, -0.15) is 0 Å². The molecule has 0 spiro atoms. The third-order valence-corrected chi connectivity index (χ3v) is 36.7. The largest absolute Gasteiger partial charge is 2.00 e. The predicted octanol–water partition coefficient (Wildman–Crippen LogP) is 8.42. The van der Waals surface area contributed by atoms with Gasteiger partial charge in [0, 0.05) is 158 Å². The van der Waals surface area contributed by atoms with E-state index in [1.54, 1.807) is 0 Å². The number of anilines is 8. The fourth-order valence-electron chi connectivity index (χ4n) is 23.0. The van der Waals surface area contributed by atoms with Gasteiger partial charge in [0.15, 0.2) is 0 Å². The number of halogens is 5. The van der Waals surface area contributed by atoms with Crippen molar-refractivity contribution in [1.29, 1.82) is 0 Å². The average molecular weight is 2270 g/mol. The maximum Gasteiger partial charge on any atom is 2.00 e. The third kappa shape index (κ3) is 25.0. The molecule has 0 heterocycles. The molecule has 0 aliphatic heterocycles. The van der Waals surface area contributed by atoms with Crippen molar-refractivity contribution in [3.05, 3.63) is 332 Å². The SMILES string of the molecule is CC[NH2+]CC.Cc1cc(P(c2cc(C)c(N(C)C)c(C)c2)c2ccc3ccccc3c2-c2c(P(c3cc(C)c(N(C)C)c(C)c3)c3cc(C)c(N(C)C)c(C)c3)ccc3ccccc23)cc(C)c1N(C)C.Cc1cc(P(c2cc(C)c(N(C)C)c(C)c2)c2ccc3ccccc3c2-c2c(P(c3cc(C)c(N(C)C)c(C)c3)c3cc(C)c(N(C)C)c(C)c3)ccc3ccccc23)cc(C)c1N(C)C.[Cl-].[Cl-].[Cl-].[Cl-].[Cl-].[Ru+2].[Ru+2]. The van der Waals surface area contributed by atoms with Gasteiger partial charge in [-0.25, -0.2) is 0 Å². The van der Waals surface area contributed by atoms with E-state index < -0.39 is 31.7 Å². The fourth-order valence-corrected chi connectivity index (χ4v) is 34.3. The van der Waals surface area contributed by atoms with Crippen molar-refractivity contribution >= 4 is 184 Å². The summed E-state index contributed by atoms with van der Waals surface area (Å²) in [7, 11) is 30.4. The smallest absolute Gasteiger partial charge is 1.00 e. The average Bonchev–Trinajstić information content (AvgIpc) is 0.726. The fraction of sp³-hybridized carbons (Fsp3) is 0.290. The summed E-state index contributed by atoms with van der Waals surface area (Å²) in [6, 6.07) is 95.9. The van der Waals surface area contributed by atoms with E-state index in [9.17, 15) is 0 Å². The quantitative estimate of drug-likeness (QED) is 0.0479. The maximum atomic E-state index is 2.49. The number of nitrogens with zero attached hydrogens (tertiary/aromatic N) is 8. The Morgan fingerprint density at radius 3 is 0.403 bits per heavy atom. The van der Waals surface area contributed by atoms with E-state index in [-0.39, 0.29) is 101 Å². The minimum absolute atomic E-state index is 0. The van der Waals surface area contributed by atoms with E-state index in [1.807, 2.05) is 0 Å². The van der Waals surface area contributed by atoms with Crippen LogP contribution in [0.1, 0.15) is 103 Å². The van der Waals surface area contributed by atoms with E-state index in [0.29, 0.717) is 0 Å². The van der Waals surface area contributed by atoms with Crippen molar-refractivity contribution in [1.82, 2.24) is 0 Å². The Morgan fingerprint density at radius 2 is 0.299 bits per heavy atom. The molecule has 9 nitrogen and oxygen atoms in total. The summed E-state index contributed by atoms with van der Waals surface area (Å²) >= 11 is 0. The number of quaternary nitrogens is 1. The Labute approximate surface area is 925 Å². The summed E-state index contributed by atoms with van der Waals surface area (Å²) < 4.78 is 0. The zero-order valence-electron chi connectivity index (χ0n) is 91.0. The summed E-state index contributed by atoms with van der Waals surface area (Å²) in [6.45, 7) is 43.4. The normalized spacial score (nSPS) is 10.9. The zero-order chi connectivity index (χ0) is 99.0. The van der Waals surface area contributed by atoms with Crippen LogP contribution < -0.4 is 170 Å². The van der Waals surface area contributed by atoms with Crippen LogP contribution in [0, 0.1) is 111 Å². The van der Waals surface area contributed by atoms with Gasteiger partial charge in [-0.1, -0.05) is 146 Å². The van der Waals surface area contributed by atoms with Crippen molar-refractivity contribution in [3.8, 4) is 22.3 Å². The number of rotatable bonds is 24. The molecule has 0 bridgehead atoms. The number of benzene rings is 16. The summed E-state index contributed by atoms with van der Waals surface area (Å²) in [5.41, 5.74) is 36.5. The summed E-state index contributed by atoms with van der Waals surface area (Å²) in [4.78, 5) is 18.2. The minimum atomic E-state index is -1.07. The van der Waals surface area contributed by atoms with Crippen molar-refractivity contribution in [3.63, 3.8) is 0 Å². The van der Waals surface area contributed by atoms with Crippen LogP contribution in [0.15, 0.2) is 243 Å². The van der Waals surface area contributed by atoms with Crippen LogP contribution in [-0.4, -0.2) is 126 Å². The first-order valence-corrected chi connectivity index (χ1v) is 53.9. The molecular formula is C124H148Cl5N9P4Ru2. The molecule has 20 heteroatoms. The number of hydrogen-bond donors (Lipinski definition) is 1. The van der Waals surface area contributed by atoms with Gasteiger partial charge in [-0.3, -0.25) is 0 Å². The first-order chi connectivity index (χ1) is 65.2. The second-order valence-electron chi connectivity index (χ2n) is 39.8. The monoisotopic (exact) mass is 2270 g/mol. The van der Waals surface area contributed by atoms with Gasteiger partial charge >= 0.3 is 39.0 Å². The van der Waals surface area contributed by atoms with Crippen LogP contribution in [0.25, 0.3) is 65.3 Å². The second-order valence-corrected chi connectivity index (χ2v) is 48.5. The first-order valence-electron chi connectivity index (χ1n) is 48.5. The van der Waals surface area contributed by atoms with Crippen molar-refractivity contribution in [2.24, 2.45) is 0 Å². The molecule has 0 aromatic heterocycles. The van der Waals surface area contributed by atoms with Crippen LogP contribution in [0.5, 0.6) is 0 Å². The van der Waals surface area contributed by atoms with Crippen molar-refractivity contribution in [2.45, 2.75) is 125 Å². The molecular weight excluding hydrogens is 2120 g/mol. The molecule has 16 aromatic carbocycles. The Bertz CT molecular complexity index is 5990. The van der Waals surface area contributed by atoms with E-state index in [1.165, 1.54) is 277 Å². The Kier molecular flexibility index (Phi) is 44.1. The molecule has 0 saturated carbocycles. The third-order valence-electron chi connectivity index (χ3n) is 27.1. The van der Waals surface area contributed by atoms with E-state index in [4.69, 9.17) is 0 Å². The van der Waals surface area contributed by atoms with Gasteiger partial charge in [-0.15, -0.1) is 0 Å². The van der Waals surface area contributed by atoms with Gasteiger partial charge in [0.25, 0.3) is 0 Å². The van der Waals surface area contributed by atoms with Crippen LogP contribution in [0.2, 0.25) is 0 Å². The molecule has 0 radical (unpaired) electrons. The Morgan fingerprint density at radius 1 is 0.181 bits per heavy atom. The molecule has 144 heavy (non-hydrogen) atoms. The molecule has 16 aromatic rings. The van der Waals surface area contributed by atoms with E-state index >= 15 is 0 Å². The molecule has 0 fully saturated rings. The number of aryl methyl sites for hydroxylation is 16. The summed E-state index contributed by atoms with van der Waals surface area (Å²) in [6.07, 6.45) is 0. The molecule has 0 saturated heterocycles. The first kappa shape index (κ1) is 122. The van der Waals surface area contributed by atoms with Gasteiger partial charge in [0.2, 0.25) is 0 Å². The van der Waals surface area contributed by atoms with Crippen molar-refractivity contribution < 1.29 is 106 Å². The maximum absolute atomic E-state index is 2.49. The molecule has 16 rings (SSSR count). The van der Waals surface area contributed by atoms with Gasteiger partial charge in [0.05, 0.1) is 13.1 Å². The number of fused-ring (bicyclic) bond motifs is 4. The Balaban J connectivity index is 0.000000356. The summed E-state index contributed by atoms with van der Waals surface area (Å²) in [5, 5.41) is 28.9. The van der Waals surface area contributed by atoms with Gasteiger partial charge in [-0.05, 0) is 471 Å². The van der Waals surface area contributed by atoms with Crippen LogP contribution in [0.4, 0.5) is 45.5 Å². The van der Waals surface area contributed by atoms with E-state index in [2.05, 4.69) is 525 Å². The predicted molar refractivity (Wildman–Crippen MR) is 622 cm³/mol. The molecule has 0 atom stereocenters. The standard InChI is InChI=1S/2C60H68N4P2.C4H11N.5ClH.2Ru/c2*1-37-29-47(30-38(2)57(37)61(9)10)65(48-31-39(3)58(62(11)12)40(4)32-48)53-27-25-45-21-17-19-23-51(45)55(53)56-52-24-20-18-22-46(52)26-28-54(56)66(49-33-41(5)59(63(13)14)42(6)34-49)50-35-43(7)60(64(15)16)44(8)36-50;1-3-5-4-2;;;;;;;/h2*17-36H,1-16H3;5H,3-4H2,1-2H3;5*1H;;/q;;;;;;;;2*+2/p-4. The van der Waals surface area contributed by atoms with Crippen LogP contribution in [-0.2, 0) is 39.0 Å². The zero-order valence-corrected chi connectivity index (χ0v) is 102. The van der Waals surface area contributed by atoms with Crippen LogP contribution >= 0.6 is 31.7 Å². The molecule has 2 N–H and O–H groups in total. The second kappa shape index (κ2) is 52.0. The molecule has 0 aliphatic carbocycles. The van der Waals surface area contributed by atoms with Gasteiger partial charge < -0.3 is 107 Å². The van der Waals surface area contributed by atoms with Gasteiger partial charge in [0.1, 0.15) is 0 Å². The minimum Gasteiger partial charge on any atom is -1.00 e. The Hall–Kier alpha value is -8.66. The molecule has 760 valence electrons. The molecule has 0 aliphatic rings. The number of nitrogens with two attached hydrogens (primary N) is 1. The van der Waals surface area contributed by atoms with E-state index in [0.717, 1.165) is 0 Å².